The Kier molecular flexibility index (Phi) is 7.87. The lowest BCUT2D eigenvalue weighted by Crippen LogP contribution is -2.37. The smallest absolute Gasteiger partial charge is 0.341 e. The van der Waals surface area contributed by atoms with E-state index in [9.17, 15) is 9.59 Å². The van der Waals surface area contributed by atoms with Crippen LogP contribution in [0.3, 0.4) is 0 Å². The zero-order valence-electron chi connectivity index (χ0n) is 18.5. The highest BCUT2D eigenvalue weighted by Crippen LogP contribution is 2.28. The van der Waals surface area contributed by atoms with Crippen molar-refractivity contribution in [2.24, 2.45) is 5.92 Å². The van der Waals surface area contributed by atoms with E-state index in [0.717, 1.165) is 49.4 Å². The van der Waals surface area contributed by atoms with Crippen molar-refractivity contribution < 1.29 is 19.1 Å². The number of anilines is 2. The number of nitrogens with zero attached hydrogens (tertiary/aromatic N) is 2. The van der Waals surface area contributed by atoms with Gasteiger partial charge in [0.2, 0.25) is 5.91 Å². The van der Waals surface area contributed by atoms with Crippen molar-refractivity contribution in [3.63, 3.8) is 0 Å². The van der Waals surface area contributed by atoms with Crippen LogP contribution in [0.15, 0.2) is 36.5 Å². The average Bonchev–Trinajstić information content (AvgIpc) is 2.79. The quantitative estimate of drug-likeness (QED) is 0.638. The first-order valence-electron chi connectivity index (χ1n) is 10.8. The van der Waals surface area contributed by atoms with E-state index in [2.05, 4.69) is 15.2 Å². The monoisotopic (exact) mass is 425 g/mol. The number of piperidine rings is 1. The summed E-state index contributed by atoms with van der Waals surface area (Å²) in [6.07, 6.45) is 5.01. The summed E-state index contributed by atoms with van der Waals surface area (Å²) >= 11 is 0. The molecule has 0 saturated carbocycles. The summed E-state index contributed by atoms with van der Waals surface area (Å²) in [6, 6.07) is 9.13. The van der Waals surface area contributed by atoms with Gasteiger partial charge in [-0.05, 0) is 74.9 Å². The number of hydrogen-bond acceptors (Lipinski definition) is 6. The van der Waals surface area contributed by atoms with Crippen molar-refractivity contribution in [3.8, 4) is 5.75 Å². The molecule has 0 spiro atoms. The molecule has 1 saturated heterocycles. The van der Waals surface area contributed by atoms with E-state index in [1.165, 1.54) is 0 Å². The van der Waals surface area contributed by atoms with Crippen LogP contribution in [0.4, 0.5) is 11.5 Å². The van der Waals surface area contributed by atoms with E-state index in [1.807, 2.05) is 25.1 Å². The summed E-state index contributed by atoms with van der Waals surface area (Å²) < 4.78 is 10.4. The number of hydrogen-bond donors (Lipinski definition) is 1. The van der Waals surface area contributed by atoms with Gasteiger partial charge in [0.1, 0.15) is 17.1 Å². The highest BCUT2D eigenvalue weighted by Gasteiger charge is 2.25. The first-order valence-corrected chi connectivity index (χ1v) is 10.8. The van der Waals surface area contributed by atoms with Crippen molar-refractivity contribution in [3.05, 3.63) is 47.7 Å². The first-order chi connectivity index (χ1) is 15.0. The Morgan fingerprint density at radius 2 is 2.13 bits per heavy atom. The number of amides is 1. The lowest BCUT2D eigenvalue weighted by atomic mass is 9.93. The lowest BCUT2D eigenvalue weighted by molar-refractivity contribution is -0.116. The van der Waals surface area contributed by atoms with Gasteiger partial charge in [-0.15, -0.1) is 0 Å². The molecule has 1 aromatic carbocycles. The highest BCUT2D eigenvalue weighted by atomic mass is 16.5. The minimum absolute atomic E-state index is 0.00967. The maximum Gasteiger partial charge on any atom is 0.341 e. The molecule has 3 rings (SSSR count). The first kappa shape index (κ1) is 22.6. The largest absolute Gasteiger partial charge is 0.497 e. The number of ether oxygens (including phenoxy) is 2. The number of nitrogens with one attached hydrogen (secondary N) is 1. The van der Waals surface area contributed by atoms with Gasteiger partial charge < -0.3 is 19.7 Å². The Morgan fingerprint density at radius 1 is 1.29 bits per heavy atom. The fourth-order valence-corrected chi connectivity index (χ4v) is 3.96. The van der Waals surface area contributed by atoms with E-state index < -0.39 is 0 Å². The van der Waals surface area contributed by atoms with Crippen LogP contribution in [-0.4, -0.2) is 43.7 Å². The van der Waals surface area contributed by atoms with Gasteiger partial charge in [0.05, 0.1) is 13.7 Å². The Balaban J connectivity index is 1.57. The summed E-state index contributed by atoms with van der Waals surface area (Å²) in [6.45, 7) is 5.70. The number of benzene rings is 1. The molecule has 166 valence electrons. The molecule has 1 aliphatic rings. The second-order valence-corrected chi connectivity index (χ2v) is 7.82. The maximum absolute atomic E-state index is 12.5. The molecule has 2 aromatic rings. The van der Waals surface area contributed by atoms with E-state index in [1.54, 1.807) is 32.4 Å². The highest BCUT2D eigenvalue weighted by molar-refractivity contribution is 5.94. The number of aryl methyl sites for hydroxylation is 1. The Hall–Kier alpha value is -3.09. The van der Waals surface area contributed by atoms with Gasteiger partial charge in [-0.2, -0.15) is 0 Å². The molecule has 1 aliphatic heterocycles. The Bertz CT molecular complexity index is 915. The van der Waals surface area contributed by atoms with Crippen LogP contribution < -0.4 is 15.0 Å². The Morgan fingerprint density at radius 3 is 2.87 bits per heavy atom. The van der Waals surface area contributed by atoms with Crippen molar-refractivity contribution in [2.45, 2.75) is 39.5 Å². The standard InChI is InChI=1S/C24H31N3O4/c1-4-31-24(29)20-8-5-13-25-23(20)27-14-6-7-18(16-27)9-12-22(28)26-21-11-10-19(30-3)15-17(21)2/h5,8,10-11,13,15,18H,4,6-7,9,12,14,16H2,1-3H3,(H,26,28). The molecular formula is C24H31N3O4. The fraction of sp³-hybridized carbons (Fsp3) is 0.458. The number of aromatic nitrogens is 1. The van der Waals surface area contributed by atoms with Gasteiger partial charge in [0.25, 0.3) is 0 Å². The third-order valence-corrected chi connectivity index (χ3v) is 5.59. The molecule has 1 N–H and O–H groups in total. The zero-order valence-corrected chi connectivity index (χ0v) is 18.5. The maximum atomic E-state index is 12.5. The minimum atomic E-state index is -0.345. The molecule has 0 aliphatic carbocycles. The van der Waals surface area contributed by atoms with Gasteiger partial charge in [-0.3, -0.25) is 4.79 Å². The fourth-order valence-electron chi connectivity index (χ4n) is 3.96. The molecule has 7 nitrogen and oxygen atoms in total. The lowest BCUT2D eigenvalue weighted by Gasteiger charge is -2.34. The van der Waals surface area contributed by atoms with Crippen LogP contribution in [0.5, 0.6) is 5.75 Å². The molecule has 1 atom stereocenters. The van der Waals surface area contributed by atoms with Gasteiger partial charge in [0.15, 0.2) is 0 Å². The number of pyridine rings is 1. The Labute approximate surface area is 183 Å². The molecule has 7 heteroatoms. The van der Waals surface area contributed by atoms with E-state index in [4.69, 9.17) is 9.47 Å². The van der Waals surface area contributed by atoms with Crippen LogP contribution >= 0.6 is 0 Å². The zero-order chi connectivity index (χ0) is 22.2. The topological polar surface area (TPSA) is 80.8 Å². The summed E-state index contributed by atoms with van der Waals surface area (Å²) in [5, 5.41) is 3.00. The molecule has 1 unspecified atom stereocenters. The van der Waals surface area contributed by atoms with Crippen molar-refractivity contribution in [1.82, 2.24) is 4.98 Å². The summed E-state index contributed by atoms with van der Waals surface area (Å²) in [5.41, 5.74) is 2.28. The van der Waals surface area contributed by atoms with Crippen LogP contribution in [0, 0.1) is 12.8 Å². The van der Waals surface area contributed by atoms with Crippen LogP contribution in [0.2, 0.25) is 0 Å². The molecule has 31 heavy (non-hydrogen) atoms. The SMILES string of the molecule is CCOC(=O)c1cccnc1N1CCCC(CCC(=O)Nc2ccc(OC)cc2C)C1. The van der Waals surface area contributed by atoms with Crippen LogP contribution in [-0.2, 0) is 9.53 Å². The predicted octanol–water partition coefficient (Wildman–Crippen LogP) is 4.21. The summed E-state index contributed by atoms with van der Waals surface area (Å²) in [7, 11) is 1.63. The van der Waals surface area contributed by atoms with Crippen LogP contribution in [0.25, 0.3) is 0 Å². The van der Waals surface area contributed by atoms with Gasteiger partial charge in [-0.25, -0.2) is 9.78 Å². The second-order valence-electron chi connectivity index (χ2n) is 7.82. The number of rotatable bonds is 8. The predicted molar refractivity (Wildman–Crippen MR) is 121 cm³/mol. The number of carbonyl (C=O) groups is 2. The van der Waals surface area contributed by atoms with Crippen molar-refractivity contribution >= 4 is 23.4 Å². The van der Waals surface area contributed by atoms with Crippen LogP contribution in [0.1, 0.15) is 48.5 Å². The van der Waals surface area contributed by atoms with E-state index in [-0.39, 0.29) is 11.9 Å². The van der Waals surface area contributed by atoms with Gasteiger partial charge >= 0.3 is 5.97 Å². The summed E-state index contributed by atoms with van der Waals surface area (Å²) in [5.74, 6) is 1.48. The molecule has 0 bridgehead atoms. The third kappa shape index (κ3) is 5.96. The average molecular weight is 426 g/mol. The van der Waals surface area contributed by atoms with Crippen molar-refractivity contribution in [1.29, 1.82) is 0 Å². The van der Waals surface area contributed by atoms with Crippen molar-refractivity contribution in [2.75, 3.05) is 37.0 Å². The second kappa shape index (κ2) is 10.8. The van der Waals surface area contributed by atoms with E-state index >= 15 is 0 Å². The third-order valence-electron chi connectivity index (χ3n) is 5.59. The molecule has 2 heterocycles. The molecule has 1 aromatic heterocycles. The molecule has 1 fully saturated rings. The van der Waals surface area contributed by atoms with Gasteiger partial charge in [0, 0.05) is 31.4 Å². The summed E-state index contributed by atoms with van der Waals surface area (Å²) in [4.78, 5) is 31.4. The van der Waals surface area contributed by atoms with E-state index in [0.29, 0.717) is 30.3 Å². The minimum Gasteiger partial charge on any atom is -0.497 e. The number of carbonyl (C=O) groups excluding carboxylic acids is 2. The molecular weight excluding hydrogens is 394 g/mol. The number of esters is 1. The normalized spacial score (nSPS) is 16.0. The number of methoxy groups -OCH3 is 1. The van der Waals surface area contributed by atoms with Gasteiger partial charge in [-0.1, -0.05) is 0 Å². The molecule has 0 radical (unpaired) electrons. The molecule has 1 amide bonds.